The Balaban J connectivity index is 1.89. The van der Waals surface area contributed by atoms with Crippen molar-refractivity contribution in [1.82, 2.24) is 19.7 Å². The van der Waals surface area contributed by atoms with Crippen LogP contribution in [0.5, 0.6) is 0 Å². The highest BCUT2D eigenvalue weighted by Gasteiger charge is 2.19. The van der Waals surface area contributed by atoms with Gasteiger partial charge in [-0.25, -0.2) is 9.37 Å². The van der Waals surface area contributed by atoms with Crippen molar-refractivity contribution in [3.8, 4) is 0 Å². The molecule has 0 saturated carbocycles. The number of carbonyl (C=O) groups excluding carboxylic acids is 1. The first-order chi connectivity index (χ1) is 15.3. The van der Waals surface area contributed by atoms with Crippen LogP contribution in [0.1, 0.15) is 42.9 Å². The molecule has 0 aliphatic heterocycles. The zero-order valence-corrected chi connectivity index (χ0v) is 18.4. The molecule has 168 valence electrons. The lowest BCUT2D eigenvalue weighted by atomic mass is 10.1. The van der Waals surface area contributed by atoms with Gasteiger partial charge >= 0.3 is 0 Å². The molecule has 0 fully saturated rings. The van der Waals surface area contributed by atoms with E-state index in [0.29, 0.717) is 17.5 Å². The van der Waals surface area contributed by atoms with Crippen LogP contribution >= 0.6 is 0 Å². The van der Waals surface area contributed by atoms with Crippen molar-refractivity contribution < 1.29 is 13.9 Å². The summed E-state index contributed by atoms with van der Waals surface area (Å²) >= 11 is 0. The summed E-state index contributed by atoms with van der Waals surface area (Å²) in [7, 11) is 1.59. The summed E-state index contributed by atoms with van der Waals surface area (Å²) in [5.41, 5.74) is 0.750. The predicted octanol–water partition coefficient (Wildman–Crippen LogP) is 3.67. The van der Waals surface area contributed by atoms with Crippen LogP contribution in [0.3, 0.4) is 0 Å². The SMILES string of the molecule is COC[C@H](C)n1ncc2cc(F)c(C(=O)Nc3cccc(C(=N)N(C=N)C(C)C)n3)cc21. The average Bonchev–Trinajstić information content (AvgIpc) is 3.16. The molecule has 32 heavy (non-hydrogen) atoms. The lowest BCUT2D eigenvalue weighted by Crippen LogP contribution is -2.36. The standard InChI is InChI=1S/C22H26FN7O2/c1-13(2)29(12-24)21(25)18-6-5-7-20(27-18)28-22(31)16-9-19-15(8-17(16)23)10-26-30(19)14(3)11-32-4/h5-10,12-14,24-25H,11H2,1-4H3,(H,27,28,31)/t14-/m0/s1. The van der Waals surface area contributed by atoms with E-state index in [9.17, 15) is 9.18 Å². The van der Waals surface area contributed by atoms with E-state index in [-0.39, 0.29) is 35.0 Å². The molecule has 3 N–H and O–H groups in total. The Bertz CT molecular complexity index is 1160. The van der Waals surface area contributed by atoms with E-state index in [1.165, 1.54) is 17.0 Å². The number of hydrogen-bond acceptors (Lipinski definition) is 6. The van der Waals surface area contributed by atoms with E-state index in [0.717, 1.165) is 6.34 Å². The molecule has 0 spiro atoms. The van der Waals surface area contributed by atoms with Gasteiger partial charge in [-0.1, -0.05) is 6.07 Å². The van der Waals surface area contributed by atoms with Crippen LogP contribution in [-0.4, -0.2) is 57.5 Å². The lowest BCUT2D eigenvalue weighted by Gasteiger charge is -2.23. The van der Waals surface area contributed by atoms with Crippen LogP contribution in [0.15, 0.2) is 36.5 Å². The molecule has 3 aromatic rings. The maximum atomic E-state index is 14.7. The third-order valence-electron chi connectivity index (χ3n) is 4.94. The van der Waals surface area contributed by atoms with Crippen molar-refractivity contribution in [2.75, 3.05) is 19.0 Å². The van der Waals surface area contributed by atoms with Crippen LogP contribution in [-0.2, 0) is 4.74 Å². The van der Waals surface area contributed by atoms with Gasteiger partial charge in [-0.3, -0.25) is 20.3 Å². The number of anilines is 1. The summed E-state index contributed by atoms with van der Waals surface area (Å²) in [5, 5.41) is 23.3. The molecular formula is C22H26FN7O2. The molecule has 1 atom stereocenters. The van der Waals surface area contributed by atoms with Crippen LogP contribution in [0.4, 0.5) is 10.2 Å². The van der Waals surface area contributed by atoms with Crippen molar-refractivity contribution in [2.24, 2.45) is 0 Å². The number of nitrogens with zero attached hydrogens (tertiary/aromatic N) is 4. The molecule has 0 unspecified atom stereocenters. The number of amides is 1. The van der Waals surface area contributed by atoms with Gasteiger partial charge in [0.25, 0.3) is 5.91 Å². The number of fused-ring (bicyclic) bond motifs is 1. The van der Waals surface area contributed by atoms with Gasteiger partial charge < -0.3 is 15.0 Å². The van der Waals surface area contributed by atoms with Gasteiger partial charge in [-0.15, -0.1) is 0 Å². The number of carbonyl (C=O) groups is 1. The lowest BCUT2D eigenvalue weighted by molar-refractivity contribution is 0.102. The second-order valence-corrected chi connectivity index (χ2v) is 7.63. The Labute approximate surface area is 185 Å². The number of benzene rings is 1. The number of rotatable bonds is 8. The van der Waals surface area contributed by atoms with Crippen molar-refractivity contribution in [2.45, 2.75) is 32.9 Å². The topological polar surface area (TPSA) is 120 Å². The number of halogens is 1. The normalized spacial score (nSPS) is 12.1. The van der Waals surface area contributed by atoms with Gasteiger partial charge in [0.1, 0.15) is 17.3 Å². The molecule has 3 rings (SSSR count). The van der Waals surface area contributed by atoms with E-state index in [1.54, 1.807) is 36.2 Å². The Morgan fingerprint density at radius 3 is 2.75 bits per heavy atom. The average molecular weight is 439 g/mol. The zero-order chi connectivity index (χ0) is 23.4. The molecular weight excluding hydrogens is 413 g/mol. The Kier molecular flexibility index (Phi) is 6.94. The molecule has 1 amide bonds. The van der Waals surface area contributed by atoms with Crippen LogP contribution in [0.25, 0.3) is 10.9 Å². The monoisotopic (exact) mass is 439 g/mol. The summed E-state index contributed by atoms with van der Waals surface area (Å²) in [4.78, 5) is 18.6. The summed E-state index contributed by atoms with van der Waals surface area (Å²) in [5.74, 6) is -1.14. The molecule has 0 radical (unpaired) electrons. The maximum absolute atomic E-state index is 14.7. The molecule has 0 aliphatic rings. The minimum Gasteiger partial charge on any atom is -0.382 e. The minimum atomic E-state index is -0.673. The number of ether oxygens (including phenoxy) is 1. The molecule has 0 saturated heterocycles. The van der Waals surface area contributed by atoms with Crippen LogP contribution in [0, 0.1) is 16.6 Å². The molecule has 2 aromatic heterocycles. The molecule has 0 aliphatic carbocycles. The number of pyridine rings is 1. The summed E-state index contributed by atoms with van der Waals surface area (Å²) in [6, 6.07) is 7.33. The van der Waals surface area contributed by atoms with Gasteiger partial charge in [0.2, 0.25) is 0 Å². The highest BCUT2D eigenvalue weighted by molar-refractivity contribution is 6.06. The first kappa shape index (κ1) is 23.0. The fraction of sp³-hybridized carbons (Fsp3) is 0.318. The zero-order valence-electron chi connectivity index (χ0n) is 18.4. The Hall–Kier alpha value is -3.66. The van der Waals surface area contributed by atoms with Gasteiger partial charge in [-0.05, 0) is 45.0 Å². The Morgan fingerprint density at radius 2 is 2.09 bits per heavy atom. The third-order valence-corrected chi connectivity index (χ3v) is 4.94. The highest BCUT2D eigenvalue weighted by Crippen LogP contribution is 2.23. The van der Waals surface area contributed by atoms with Crippen molar-refractivity contribution in [1.29, 1.82) is 10.8 Å². The van der Waals surface area contributed by atoms with Crippen molar-refractivity contribution in [3.63, 3.8) is 0 Å². The van der Waals surface area contributed by atoms with Crippen molar-refractivity contribution >= 4 is 34.8 Å². The van der Waals surface area contributed by atoms with Gasteiger partial charge in [0.05, 0.1) is 36.3 Å². The van der Waals surface area contributed by atoms with E-state index >= 15 is 0 Å². The Morgan fingerprint density at radius 1 is 1.34 bits per heavy atom. The number of nitrogens with one attached hydrogen (secondary N) is 3. The first-order valence-electron chi connectivity index (χ1n) is 10.1. The van der Waals surface area contributed by atoms with Crippen LogP contribution < -0.4 is 5.32 Å². The van der Waals surface area contributed by atoms with E-state index in [2.05, 4.69) is 15.4 Å². The number of aromatic nitrogens is 3. The molecule has 2 heterocycles. The smallest absolute Gasteiger partial charge is 0.259 e. The van der Waals surface area contributed by atoms with Gasteiger partial charge in [-0.2, -0.15) is 5.10 Å². The number of hydrogen-bond donors (Lipinski definition) is 3. The van der Waals surface area contributed by atoms with Gasteiger partial charge in [0, 0.05) is 18.5 Å². The molecule has 9 nitrogen and oxygen atoms in total. The van der Waals surface area contributed by atoms with E-state index < -0.39 is 11.7 Å². The van der Waals surface area contributed by atoms with Crippen molar-refractivity contribution in [3.05, 3.63) is 53.6 Å². The largest absolute Gasteiger partial charge is 0.382 e. The highest BCUT2D eigenvalue weighted by atomic mass is 19.1. The second kappa shape index (κ2) is 9.65. The third kappa shape index (κ3) is 4.65. The minimum absolute atomic E-state index is 0.0229. The number of methoxy groups -OCH3 is 1. The number of amidine groups is 1. The second-order valence-electron chi connectivity index (χ2n) is 7.63. The van der Waals surface area contributed by atoms with E-state index in [4.69, 9.17) is 15.6 Å². The quantitative estimate of drug-likeness (QED) is 0.365. The maximum Gasteiger partial charge on any atom is 0.259 e. The molecule has 10 heteroatoms. The van der Waals surface area contributed by atoms with Gasteiger partial charge in [0.15, 0.2) is 5.84 Å². The summed E-state index contributed by atoms with van der Waals surface area (Å²) < 4.78 is 21.5. The van der Waals surface area contributed by atoms with E-state index in [1.807, 2.05) is 20.8 Å². The summed E-state index contributed by atoms with van der Waals surface area (Å²) in [6.07, 6.45) is 2.60. The predicted molar refractivity (Wildman–Crippen MR) is 121 cm³/mol. The fourth-order valence-electron chi connectivity index (χ4n) is 3.33. The first-order valence-corrected chi connectivity index (χ1v) is 10.1. The molecule has 1 aromatic carbocycles. The summed E-state index contributed by atoms with van der Waals surface area (Å²) in [6.45, 7) is 6.03. The van der Waals surface area contributed by atoms with Crippen LogP contribution in [0.2, 0.25) is 0 Å². The fourth-order valence-corrected chi connectivity index (χ4v) is 3.33. The molecule has 0 bridgehead atoms.